The standard InChI is InChI=1S/C22H24O6S2/c1-21(2,3)29(26)13-10-15-18(23)14-9-12(20(24)25)7-8-16(14)28-19(15)17(11-13)30(27)22(4,5)6/h7-11H,1-6H3,(H,24,25). The quantitative estimate of drug-likeness (QED) is 0.467. The van der Waals surface area contributed by atoms with Crippen LogP contribution in [0.1, 0.15) is 51.9 Å². The van der Waals surface area contributed by atoms with Crippen molar-refractivity contribution < 1.29 is 23.4 Å². The van der Waals surface area contributed by atoms with Crippen LogP contribution in [0, 0.1) is 0 Å². The first-order valence-electron chi connectivity index (χ1n) is 9.33. The summed E-state index contributed by atoms with van der Waals surface area (Å²) >= 11 is -3.03. The Bertz CT molecular complexity index is 1200. The molecule has 30 heavy (non-hydrogen) atoms. The largest absolute Gasteiger partial charge is 0.611 e. The molecule has 160 valence electrons. The van der Waals surface area contributed by atoms with Crippen molar-refractivity contribution >= 4 is 50.3 Å². The summed E-state index contributed by atoms with van der Waals surface area (Å²) in [6.45, 7) is 10.9. The van der Waals surface area contributed by atoms with E-state index in [1.165, 1.54) is 24.3 Å². The summed E-state index contributed by atoms with van der Waals surface area (Å²) in [6, 6.07) is 7.12. The Morgan fingerprint density at radius 3 is 2.07 bits per heavy atom. The molecule has 0 spiro atoms. The minimum atomic E-state index is -1.55. The number of carboxylic acid groups (broad SMARTS) is 1. The van der Waals surface area contributed by atoms with E-state index in [1.54, 1.807) is 26.8 Å². The predicted octanol–water partition coefficient (Wildman–Crippen LogP) is 4.46. The van der Waals surface area contributed by atoms with E-state index in [-0.39, 0.29) is 27.5 Å². The van der Waals surface area contributed by atoms with Gasteiger partial charge in [-0.25, -0.2) is 4.79 Å². The first-order chi connectivity index (χ1) is 13.7. The smallest absolute Gasteiger partial charge is 0.335 e. The summed E-state index contributed by atoms with van der Waals surface area (Å²) in [4.78, 5) is 25.3. The van der Waals surface area contributed by atoms with Gasteiger partial charge in [0.2, 0.25) is 10.3 Å². The highest BCUT2D eigenvalue weighted by Gasteiger charge is 2.36. The molecule has 1 N–H and O–H groups in total. The Morgan fingerprint density at radius 1 is 0.933 bits per heavy atom. The summed E-state index contributed by atoms with van der Waals surface area (Å²) in [7, 11) is 0. The molecular formula is C22H24O6S2. The number of benzene rings is 2. The van der Waals surface area contributed by atoms with Crippen LogP contribution >= 0.6 is 0 Å². The Balaban J connectivity index is 2.45. The average molecular weight is 449 g/mol. The molecule has 0 fully saturated rings. The van der Waals surface area contributed by atoms with Crippen LogP contribution in [-0.2, 0) is 22.4 Å². The van der Waals surface area contributed by atoms with Gasteiger partial charge in [0, 0.05) is 6.07 Å². The van der Waals surface area contributed by atoms with Crippen LogP contribution in [0.4, 0.5) is 0 Å². The van der Waals surface area contributed by atoms with Gasteiger partial charge >= 0.3 is 5.97 Å². The highest BCUT2D eigenvalue weighted by Crippen LogP contribution is 2.36. The van der Waals surface area contributed by atoms with Crippen LogP contribution in [0.25, 0.3) is 21.9 Å². The van der Waals surface area contributed by atoms with Gasteiger partial charge in [-0.2, -0.15) is 0 Å². The molecule has 3 aromatic rings. The second-order valence-corrected chi connectivity index (χ2v) is 13.4. The van der Waals surface area contributed by atoms with Gasteiger partial charge in [0.05, 0.1) is 22.4 Å². The van der Waals surface area contributed by atoms with Gasteiger partial charge < -0.3 is 18.6 Å². The van der Waals surface area contributed by atoms with Gasteiger partial charge in [-0.3, -0.25) is 4.79 Å². The number of carboxylic acids is 1. The highest BCUT2D eigenvalue weighted by atomic mass is 32.2. The minimum absolute atomic E-state index is 0.0398. The van der Waals surface area contributed by atoms with Crippen molar-refractivity contribution in [3.8, 4) is 0 Å². The molecule has 2 unspecified atom stereocenters. The first kappa shape index (κ1) is 22.7. The molecule has 8 heteroatoms. The van der Waals surface area contributed by atoms with Gasteiger partial charge in [-0.15, -0.1) is 0 Å². The summed E-state index contributed by atoms with van der Waals surface area (Å²) in [5.41, 5.74) is -0.121. The maximum Gasteiger partial charge on any atom is 0.335 e. The third kappa shape index (κ3) is 4.09. The van der Waals surface area contributed by atoms with E-state index in [4.69, 9.17) is 4.42 Å². The molecule has 3 rings (SSSR count). The van der Waals surface area contributed by atoms with Crippen molar-refractivity contribution in [2.75, 3.05) is 0 Å². The van der Waals surface area contributed by atoms with Crippen LogP contribution < -0.4 is 5.43 Å². The highest BCUT2D eigenvalue weighted by molar-refractivity contribution is 7.93. The number of fused-ring (bicyclic) bond motifs is 2. The van der Waals surface area contributed by atoms with Crippen molar-refractivity contribution in [1.29, 1.82) is 0 Å². The fourth-order valence-corrected chi connectivity index (χ4v) is 5.41. The van der Waals surface area contributed by atoms with Crippen molar-refractivity contribution in [3.63, 3.8) is 0 Å². The Morgan fingerprint density at radius 2 is 1.53 bits per heavy atom. The molecular weight excluding hydrogens is 424 g/mol. The first-order valence-corrected chi connectivity index (χ1v) is 11.6. The molecule has 2 atom stereocenters. The monoisotopic (exact) mass is 448 g/mol. The van der Waals surface area contributed by atoms with Crippen molar-refractivity contribution in [2.24, 2.45) is 0 Å². The fraction of sp³-hybridized carbons (Fsp3) is 0.364. The number of hydrogen-bond acceptors (Lipinski definition) is 5. The van der Waals surface area contributed by atoms with E-state index in [9.17, 15) is 23.8 Å². The van der Waals surface area contributed by atoms with E-state index in [0.717, 1.165) is 0 Å². The Labute approximate surface area is 180 Å². The molecule has 0 aliphatic carbocycles. The van der Waals surface area contributed by atoms with E-state index in [2.05, 4.69) is 0 Å². The van der Waals surface area contributed by atoms with Gasteiger partial charge in [0.25, 0.3) is 0 Å². The summed E-state index contributed by atoms with van der Waals surface area (Å²) in [5.74, 6) is -1.16. The maximum absolute atomic E-state index is 13.3. The van der Waals surface area contributed by atoms with Gasteiger partial charge in [0.15, 0.2) is 10.5 Å². The molecule has 0 bridgehead atoms. The third-order valence-electron chi connectivity index (χ3n) is 4.48. The normalized spacial score (nSPS) is 14.8. The van der Waals surface area contributed by atoms with Crippen molar-refractivity contribution in [1.82, 2.24) is 0 Å². The zero-order valence-electron chi connectivity index (χ0n) is 17.7. The zero-order chi connectivity index (χ0) is 22.6. The summed E-state index contributed by atoms with van der Waals surface area (Å²) < 4.78 is 31.0. The molecule has 1 aromatic heterocycles. The molecule has 0 saturated carbocycles. The van der Waals surface area contributed by atoms with E-state index in [0.29, 0.717) is 9.79 Å². The van der Waals surface area contributed by atoms with Crippen LogP contribution in [0.3, 0.4) is 0 Å². The molecule has 1 heterocycles. The minimum Gasteiger partial charge on any atom is -0.611 e. The zero-order valence-corrected chi connectivity index (χ0v) is 19.3. The second kappa shape index (κ2) is 7.60. The van der Waals surface area contributed by atoms with Crippen LogP contribution in [0.2, 0.25) is 0 Å². The molecule has 6 nitrogen and oxygen atoms in total. The molecule has 0 amide bonds. The molecule has 0 aliphatic heterocycles. The molecule has 0 aliphatic rings. The predicted molar refractivity (Wildman–Crippen MR) is 119 cm³/mol. The topological polar surface area (TPSA) is 114 Å². The van der Waals surface area contributed by atoms with Crippen LogP contribution in [-0.4, -0.2) is 29.7 Å². The SMILES string of the molecule is CC(C)(C)[S+]([O-])c1cc([S+]([O-])C(C)(C)C)c2oc3ccc(C(=O)O)cc3c(=O)c2c1. The van der Waals surface area contributed by atoms with Gasteiger partial charge in [-0.1, -0.05) is 0 Å². The molecule has 0 saturated heterocycles. The lowest BCUT2D eigenvalue weighted by molar-refractivity contribution is 0.0697. The molecule has 2 aromatic carbocycles. The summed E-state index contributed by atoms with van der Waals surface area (Å²) in [6.07, 6.45) is 0. The lowest BCUT2D eigenvalue weighted by Gasteiger charge is -2.27. The lowest BCUT2D eigenvalue weighted by Crippen LogP contribution is -2.30. The van der Waals surface area contributed by atoms with E-state index < -0.39 is 43.2 Å². The summed E-state index contributed by atoms with van der Waals surface area (Å²) in [5, 5.41) is 9.49. The van der Waals surface area contributed by atoms with Crippen LogP contribution in [0.5, 0.6) is 0 Å². The number of rotatable bonds is 3. The van der Waals surface area contributed by atoms with E-state index >= 15 is 0 Å². The van der Waals surface area contributed by atoms with E-state index in [1.807, 2.05) is 20.8 Å². The number of aromatic carboxylic acids is 1. The molecule has 0 radical (unpaired) electrons. The van der Waals surface area contributed by atoms with Crippen molar-refractivity contribution in [2.45, 2.75) is 60.8 Å². The number of hydrogen-bond donors (Lipinski definition) is 1. The average Bonchev–Trinajstić information content (AvgIpc) is 2.64. The fourth-order valence-electron chi connectivity index (χ4n) is 2.96. The van der Waals surface area contributed by atoms with Crippen LogP contribution in [0.15, 0.2) is 49.3 Å². The number of carbonyl (C=O) groups is 1. The van der Waals surface area contributed by atoms with Gasteiger partial charge in [-0.05, 0) is 82.1 Å². The Kier molecular flexibility index (Phi) is 5.75. The maximum atomic E-state index is 13.3. The Hall–Kier alpha value is -2.00. The lowest BCUT2D eigenvalue weighted by atomic mass is 10.1. The van der Waals surface area contributed by atoms with Crippen molar-refractivity contribution in [3.05, 3.63) is 46.1 Å². The second-order valence-electron chi connectivity index (χ2n) is 9.01. The third-order valence-corrected chi connectivity index (χ3v) is 8.07. The van der Waals surface area contributed by atoms with Gasteiger partial charge in [0.1, 0.15) is 15.1 Å².